The number of β-amino-alcohol motifs (C(OH)–C–C–N with tert-alkyl or cyclic N) is 1. The number of likely N-dealkylation sites (tertiary alicyclic amines) is 1. The maximum Gasteiger partial charge on any atom is 0.255 e. The smallest absolute Gasteiger partial charge is 0.255 e. The van der Waals surface area contributed by atoms with Gasteiger partial charge in [-0.2, -0.15) is 0 Å². The SMILES string of the molecule is CC1CCN(C(=O)c2ccc(Br)nc2)CC1O. The van der Waals surface area contributed by atoms with Crippen LogP contribution in [0.5, 0.6) is 0 Å². The second-order valence-electron chi connectivity index (χ2n) is 4.45. The predicted molar refractivity (Wildman–Crippen MR) is 67.6 cm³/mol. The number of halogens is 1. The summed E-state index contributed by atoms with van der Waals surface area (Å²) in [6, 6.07) is 3.49. The number of aromatic nitrogens is 1. The minimum absolute atomic E-state index is 0.0593. The van der Waals surface area contributed by atoms with Gasteiger partial charge >= 0.3 is 0 Å². The fourth-order valence-corrected chi connectivity index (χ4v) is 2.15. The minimum atomic E-state index is -0.420. The van der Waals surface area contributed by atoms with Crippen LogP contribution in [-0.4, -0.2) is 40.1 Å². The molecule has 1 amide bonds. The molecule has 5 heteroatoms. The zero-order chi connectivity index (χ0) is 12.4. The molecule has 0 spiro atoms. The van der Waals surface area contributed by atoms with Gasteiger partial charge in [0.15, 0.2) is 0 Å². The van der Waals surface area contributed by atoms with Crippen molar-refractivity contribution in [1.82, 2.24) is 9.88 Å². The molecule has 4 nitrogen and oxygen atoms in total. The summed E-state index contributed by atoms with van der Waals surface area (Å²) in [5, 5.41) is 9.77. The zero-order valence-electron chi connectivity index (χ0n) is 9.64. The number of nitrogens with zero attached hydrogens (tertiary/aromatic N) is 2. The third-order valence-electron chi connectivity index (χ3n) is 3.18. The summed E-state index contributed by atoms with van der Waals surface area (Å²) < 4.78 is 0.710. The highest BCUT2D eigenvalue weighted by Crippen LogP contribution is 2.19. The Morgan fingerprint density at radius 3 is 2.94 bits per heavy atom. The zero-order valence-corrected chi connectivity index (χ0v) is 11.2. The number of aliphatic hydroxyl groups excluding tert-OH is 1. The molecule has 2 atom stereocenters. The molecule has 1 saturated heterocycles. The minimum Gasteiger partial charge on any atom is -0.391 e. The first kappa shape index (κ1) is 12.5. The van der Waals surface area contributed by atoms with Crippen molar-refractivity contribution < 1.29 is 9.90 Å². The Hall–Kier alpha value is -0.940. The highest BCUT2D eigenvalue weighted by atomic mass is 79.9. The molecular formula is C12H15BrN2O2. The topological polar surface area (TPSA) is 53.4 Å². The molecule has 1 aromatic rings. The van der Waals surface area contributed by atoms with Crippen LogP contribution in [0.3, 0.4) is 0 Å². The lowest BCUT2D eigenvalue weighted by atomic mass is 9.96. The number of hydrogen-bond acceptors (Lipinski definition) is 3. The lowest BCUT2D eigenvalue weighted by molar-refractivity contribution is 0.0248. The van der Waals surface area contributed by atoms with Crippen LogP contribution in [-0.2, 0) is 0 Å². The van der Waals surface area contributed by atoms with Gasteiger partial charge in [-0.25, -0.2) is 4.98 Å². The fourth-order valence-electron chi connectivity index (χ4n) is 1.92. The molecule has 17 heavy (non-hydrogen) atoms. The molecular weight excluding hydrogens is 284 g/mol. The third-order valence-corrected chi connectivity index (χ3v) is 3.65. The summed E-state index contributed by atoms with van der Waals surface area (Å²) in [7, 11) is 0. The van der Waals surface area contributed by atoms with E-state index in [1.165, 1.54) is 0 Å². The molecule has 2 rings (SSSR count). The summed E-state index contributed by atoms with van der Waals surface area (Å²) in [5.74, 6) is 0.207. The van der Waals surface area contributed by atoms with Gasteiger partial charge in [-0.05, 0) is 40.4 Å². The number of pyridine rings is 1. The van der Waals surface area contributed by atoms with Crippen molar-refractivity contribution in [3.05, 3.63) is 28.5 Å². The molecule has 92 valence electrons. The maximum atomic E-state index is 12.1. The first-order valence-corrected chi connectivity index (χ1v) is 6.46. The molecule has 1 N–H and O–H groups in total. The summed E-state index contributed by atoms with van der Waals surface area (Å²) in [4.78, 5) is 17.8. The molecule has 1 aliphatic heterocycles. The van der Waals surface area contributed by atoms with Crippen LogP contribution in [0.1, 0.15) is 23.7 Å². The lowest BCUT2D eigenvalue weighted by Gasteiger charge is -2.34. The van der Waals surface area contributed by atoms with E-state index in [-0.39, 0.29) is 11.8 Å². The largest absolute Gasteiger partial charge is 0.391 e. The Morgan fingerprint density at radius 1 is 1.59 bits per heavy atom. The van der Waals surface area contributed by atoms with Gasteiger partial charge in [-0.3, -0.25) is 4.79 Å². The van der Waals surface area contributed by atoms with Gasteiger partial charge in [0.05, 0.1) is 11.7 Å². The van der Waals surface area contributed by atoms with E-state index in [2.05, 4.69) is 20.9 Å². The van der Waals surface area contributed by atoms with Crippen molar-refractivity contribution in [3.63, 3.8) is 0 Å². The molecule has 1 fully saturated rings. The Balaban J connectivity index is 2.08. The van der Waals surface area contributed by atoms with Gasteiger partial charge in [-0.1, -0.05) is 6.92 Å². The van der Waals surface area contributed by atoms with Crippen molar-refractivity contribution in [1.29, 1.82) is 0 Å². The van der Waals surface area contributed by atoms with Gasteiger partial charge in [-0.15, -0.1) is 0 Å². The molecule has 1 aliphatic rings. The molecule has 0 bridgehead atoms. The predicted octanol–water partition coefficient (Wildman–Crippen LogP) is 1.69. The van der Waals surface area contributed by atoms with Crippen LogP contribution in [0.25, 0.3) is 0 Å². The van der Waals surface area contributed by atoms with Gasteiger partial charge in [0.2, 0.25) is 0 Å². The van der Waals surface area contributed by atoms with E-state index in [1.807, 2.05) is 6.92 Å². The van der Waals surface area contributed by atoms with Crippen molar-refractivity contribution in [3.8, 4) is 0 Å². The van der Waals surface area contributed by atoms with Crippen LogP contribution in [0.15, 0.2) is 22.9 Å². The van der Waals surface area contributed by atoms with Crippen molar-refractivity contribution in [2.45, 2.75) is 19.4 Å². The van der Waals surface area contributed by atoms with Crippen LogP contribution < -0.4 is 0 Å². The van der Waals surface area contributed by atoms with E-state index in [4.69, 9.17) is 0 Å². The standard InChI is InChI=1S/C12H15BrN2O2/c1-8-4-5-15(7-10(8)16)12(17)9-2-3-11(13)14-6-9/h2-3,6,8,10,16H,4-5,7H2,1H3. The molecule has 0 saturated carbocycles. The molecule has 0 radical (unpaired) electrons. The van der Waals surface area contributed by atoms with E-state index in [0.717, 1.165) is 6.42 Å². The number of aliphatic hydroxyl groups is 1. The van der Waals surface area contributed by atoms with Gasteiger partial charge in [0.1, 0.15) is 4.60 Å². The van der Waals surface area contributed by atoms with Gasteiger partial charge in [0.25, 0.3) is 5.91 Å². The van der Waals surface area contributed by atoms with E-state index in [1.54, 1.807) is 23.2 Å². The Morgan fingerprint density at radius 2 is 2.35 bits per heavy atom. The molecule has 1 aromatic heterocycles. The highest BCUT2D eigenvalue weighted by Gasteiger charge is 2.27. The van der Waals surface area contributed by atoms with Crippen LogP contribution in [0, 0.1) is 5.92 Å². The summed E-state index contributed by atoms with van der Waals surface area (Å²) in [5.41, 5.74) is 0.565. The number of carbonyl (C=O) groups is 1. The van der Waals surface area contributed by atoms with E-state index in [9.17, 15) is 9.90 Å². The maximum absolute atomic E-state index is 12.1. The summed E-state index contributed by atoms with van der Waals surface area (Å²) in [6.07, 6.45) is 1.98. The molecule has 0 aliphatic carbocycles. The lowest BCUT2D eigenvalue weighted by Crippen LogP contribution is -2.45. The normalized spacial score (nSPS) is 24.8. The number of piperidine rings is 1. The summed E-state index contributed by atoms with van der Waals surface area (Å²) >= 11 is 3.23. The van der Waals surface area contributed by atoms with E-state index >= 15 is 0 Å². The monoisotopic (exact) mass is 298 g/mol. The van der Waals surface area contributed by atoms with Crippen LogP contribution in [0.4, 0.5) is 0 Å². The Kier molecular flexibility index (Phi) is 3.79. The third kappa shape index (κ3) is 2.84. The second-order valence-corrected chi connectivity index (χ2v) is 5.27. The second kappa shape index (κ2) is 5.14. The number of hydrogen-bond donors (Lipinski definition) is 1. The van der Waals surface area contributed by atoms with Crippen molar-refractivity contribution in [2.24, 2.45) is 5.92 Å². The average Bonchev–Trinajstić information content (AvgIpc) is 2.33. The molecule has 2 heterocycles. The van der Waals surface area contributed by atoms with E-state index < -0.39 is 6.10 Å². The number of carbonyl (C=O) groups excluding carboxylic acids is 1. The van der Waals surface area contributed by atoms with Crippen molar-refractivity contribution in [2.75, 3.05) is 13.1 Å². The molecule has 2 unspecified atom stereocenters. The van der Waals surface area contributed by atoms with Gasteiger partial charge < -0.3 is 10.0 Å². The average molecular weight is 299 g/mol. The first-order chi connectivity index (χ1) is 8.08. The van der Waals surface area contributed by atoms with Gasteiger partial charge in [0, 0.05) is 19.3 Å². The Bertz CT molecular complexity index is 407. The van der Waals surface area contributed by atoms with Crippen LogP contribution in [0.2, 0.25) is 0 Å². The molecule has 0 aromatic carbocycles. The Labute approximate surface area is 109 Å². The summed E-state index contributed by atoms with van der Waals surface area (Å²) in [6.45, 7) is 3.12. The van der Waals surface area contributed by atoms with E-state index in [0.29, 0.717) is 23.3 Å². The number of amides is 1. The first-order valence-electron chi connectivity index (χ1n) is 5.67. The quantitative estimate of drug-likeness (QED) is 0.803. The number of rotatable bonds is 1. The van der Waals surface area contributed by atoms with Crippen LogP contribution >= 0.6 is 15.9 Å². The highest BCUT2D eigenvalue weighted by molar-refractivity contribution is 9.10. The van der Waals surface area contributed by atoms with Crippen molar-refractivity contribution >= 4 is 21.8 Å². The fraction of sp³-hybridized carbons (Fsp3) is 0.500.